The Kier molecular flexibility index (Phi) is 3.38. The summed E-state index contributed by atoms with van der Waals surface area (Å²) in [4.78, 5) is 0. The Morgan fingerprint density at radius 2 is 1.74 bits per heavy atom. The van der Waals surface area contributed by atoms with Crippen molar-refractivity contribution in [1.29, 1.82) is 0 Å². The molecule has 1 heterocycles. The minimum atomic E-state index is -0.0420. The van der Waals surface area contributed by atoms with Crippen LogP contribution >= 0.6 is 0 Å². The van der Waals surface area contributed by atoms with Gasteiger partial charge in [-0.1, -0.05) is 0 Å². The van der Waals surface area contributed by atoms with E-state index in [1.165, 1.54) is 6.07 Å². The normalized spacial score (nSPS) is 12.4. The van der Waals surface area contributed by atoms with E-state index < -0.39 is 0 Å². The smallest absolute Gasteiger partial charge is 0.119 e. The summed E-state index contributed by atoms with van der Waals surface area (Å²) in [5.41, 5.74) is 3.78. The molecule has 2 aromatic rings. The van der Waals surface area contributed by atoms with Gasteiger partial charge in [-0.3, -0.25) is 4.68 Å². The molecular formula is C14H19N3O2. The number of aryl methyl sites for hydroxylation is 2. The molecule has 102 valence electrons. The molecule has 5 heteroatoms. The van der Waals surface area contributed by atoms with E-state index in [9.17, 15) is 10.2 Å². The van der Waals surface area contributed by atoms with Crippen LogP contribution in [0.5, 0.6) is 11.5 Å². The number of phenols is 2. The number of aromatic hydroxyl groups is 2. The van der Waals surface area contributed by atoms with Gasteiger partial charge >= 0.3 is 0 Å². The Hall–Kier alpha value is -2.17. The predicted octanol–water partition coefficient (Wildman–Crippen LogP) is 2.62. The number of benzene rings is 1. The molecule has 1 atom stereocenters. The molecule has 0 amide bonds. The van der Waals surface area contributed by atoms with Crippen LogP contribution in [0.2, 0.25) is 0 Å². The summed E-state index contributed by atoms with van der Waals surface area (Å²) in [7, 11) is 1.90. The van der Waals surface area contributed by atoms with Gasteiger partial charge in [0.05, 0.1) is 17.1 Å². The molecule has 0 aliphatic carbocycles. The number of nitrogens with zero attached hydrogens (tertiary/aromatic N) is 2. The van der Waals surface area contributed by atoms with Gasteiger partial charge in [-0.25, -0.2) is 0 Å². The molecule has 0 bridgehead atoms. The van der Waals surface area contributed by atoms with Crippen molar-refractivity contribution in [2.24, 2.45) is 7.05 Å². The van der Waals surface area contributed by atoms with Gasteiger partial charge in [0.2, 0.25) is 0 Å². The number of nitrogens with one attached hydrogen (secondary N) is 1. The lowest BCUT2D eigenvalue weighted by Gasteiger charge is -2.16. The minimum Gasteiger partial charge on any atom is -0.508 e. The standard InChI is InChI=1S/C14H19N3O2/c1-8(11-5-12(18)7-13(19)6-11)15-14-9(2)16-17(4)10(14)3/h5-8,15,18-19H,1-4H3. The van der Waals surface area contributed by atoms with Gasteiger partial charge in [0.15, 0.2) is 0 Å². The van der Waals surface area contributed by atoms with Crippen molar-refractivity contribution in [2.45, 2.75) is 26.8 Å². The average Bonchev–Trinajstić information content (AvgIpc) is 2.54. The van der Waals surface area contributed by atoms with Gasteiger partial charge in [-0.15, -0.1) is 0 Å². The minimum absolute atomic E-state index is 0.0420. The fourth-order valence-electron chi connectivity index (χ4n) is 2.15. The zero-order chi connectivity index (χ0) is 14.2. The SMILES string of the molecule is Cc1nn(C)c(C)c1NC(C)c1cc(O)cc(O)c1. The van der Waals surface area contributed by atoms with E-state index in [1.54, 1.807) is 12.1 Å². The zero-order valence-corrected chi connectivity index (χ0v) is 11.6. The lowest BCUT2D eigenvalue weighted by atomic mass is 10.1. The van der Waals surface area contributed by atoms with E-state index in [0.29, 0.717) is 0 Å². The first kappa shape index (κ1) is 13.3. The molecule has 5 nitrogen and oxygen atoms in total. The predicted molar refractivity (Wildman–Crippen MR) is 74.5 cm³/mol. The van der Waals surface area contributed by atoms with E-state index in [-0.39, 0.29) is 17.5 Å². The average molecular weight is 261 g/mol. The van der Waals surface area contributed by atoms with Gasteiger partial charge in [0.25, 0.3) is 0 Å². The first-order valence-corrected chi connectivity index (χ1v) is 6.18. The topological polar surface area (TPSA) is 70.3 Å². The van der Waals surface area contributed by atoms with Gasteiger partial charge < -0.3 is 15.5 Å². The first-order valence-electron chi connectivity index (χ1n) is 6.18. The Bertz CT molecular complexity index is 585. The van der Waals surface area contributed by atoms with Crippen molar-refractivity contribution in [3.8, 4) is 11.5 Å². The molecule has 0 fully saturated rings. The van der Waals surface area contributed by atoms with Crippen LogP contribution in [0.25, 0.3) is 0 Å². The monoisotopic (exact) mass is 261 g/mol. The molecule has 0 aliphatic heterocycles. The van der Waals surface area contributed by atoms with E-state index in [4.69, 9.17) is 0 Å². The maximum absolute atomic E-state index is 9.52. The van der Waals surface area contributed by atoms with Crippen molar-refractivity contribution >= 4 is 5.69 Å². The van der Waals surface area contributed by atoms with Gasteiger partial charge in [-0.2, -0.15) is 5.10 Å². The van der Waals surface area contributed by atoms with Crippen LogP contribution in [-0.2, 0) is 7.05 Å². The van der Waals surface area contributed by atoms with Crippen molar-refractivity contribution < 1.29 is 10.2 Å². The first-order chi connectivity index (χ1) is 8.88. The molecule has 19 heavy (non-hydrogen) atoms. The van der Waals surface area contributed by atoms with Crippen molar-refractivity contribution in [3.63, 3.8) is 0 Å². The third kappa shape index (κ3) is 2.65. The maximum Gasteiger partial charge on any atom is 0.119 e. The molecule has 1 aromatic heterocycles. The maximum atomic E-state index is 9.52. The number of phenolic OH excluding ortho intramolecular Hbond substituents is 2. The van der Waals surface area contributed by atoms with Crippen LogP contribution < -0.4 is 5.32 Å². The summed E-state index contributed by atoms with van der Waals surface area (Å²) < 4.78 is 1.82. The number of rotatable bonds is 3. The van der Waals surface area contributed by atoms with E-state index in [0.717, 1.165) is 22.6 Å². The summed E-state index contributed by atoms with van der Waals surface area (Å²) in [6.45, 7) is 5.91. The highest BCUT2D eigenvalue weighted by Gasteiger charge is 2.14. The lowest BCUT2D eigenvalue weighted by Crippen LogP contribution is -2.08. The van der Waals surface area contributed by atoms with Crippen LogP contribution in [0.4, 0.5) is 5.69 Å². The molecule has 3 N–H and O–H groups in total. The highest BCUT2D eigenvalue weighted by Crippen LogP contribution is 2.29. The second kappa shape index (κ2) is 4.84. The van der Waals surface area contributed by atoms with Crippen molar-refractivity contribution in [2.75, 3.05) is 5.32 Å². The molecular weight excluding hydrogens is 242 g/mol. The highest BCUT2D eigenvalue weighted by atomic mass is 16.3. The quantitative estimate of drug-likeness (QED) is 0.794. The summed E-state index contributed by atoms with van der Waals surface area (Å²) in [6, 6.07) is 4.55. The Labute approximate surface area is 112 Å². The summed E-state index contributed by atoms with van der Waals surface area (Å²) >= 11 is 0. The molecule has 0 aliphatic rings. The summed E-state index contributed by atoms with van der Waals surface area (Å²) in [5.74, 6) is 0.117. The zero-order valence-electron chi connectivity index (χ0n) is 11.6. The highest BCUT2D eigenvalue weighted by molar-refractivity contribution is 5.54. The molecule has 1 aromatic carbocycles. The van der Waals surface area contributed by atoms with Crippen LogP contribution in [-0.4, -0.2) is 20.0 Å². The van der Waals surface area contributed by atoms with Gasteiger partial charge in [-0.05, 0) is 38.5 Å². The second-order valence-corrected chi connectivity index (χ2v) is 4.82. The van der Waals surface area contributed by atoms with Crippen LogP contribution in [0.1, 0.15) is 29.9 Å². The second-order valence-electron chi connectivity index (χ2n) is 4.82. The lowest BCUT2D eigenvalue weighted by molar-refractivity contribution is 0.448. The van der Waals surface area contributed by atoms with Crippen molar-refractivity contribution in [1.82, 2.24) is 9.78 Å². The van der Waals surface area contributed by atoms with Crippen LogP contribution in [0, 0.1) is 13.8 Å². The van der Waals surface area contributed by atoms with Crippen molar-refractivity contribution in [3.05, 3.63) is 35.2 Å². The third-order valence-electron chi connectivity index (χ3n) is 3.29. The number of aromatic nitrogens is 2. The van der Waals surface area contributed by atoms with E-state index >= 15 is 0 Å². The molecule has 0 saturated heterocycles. The number of anilines is 1. The molecule has 0 spiro atoms. The van der Waals surface area contributed by atoms with Gasteiger partial charge in [0.1, 0.15) is 11.5 Å². The van der Waals surface area contributed by atoms with E-state index in [1.807, 2.05) is 32.5 Å². The van der Waals surface area contributed by atoms with Crippen LogP contribution in [0.15, 0.2) is 18.2 Å². The molecule has 0 radical (unpaired) electrons. The summed E-state index contributed by atoms with van der Waals surface area (Å²) in [6.07, 6.45) is 0. The number of hydrogen-bond acceptors (Lipinski definition) is 4. The fourth-order valence-corrected chi connectivity index (χ4v) is 2.15. The largest absolute Gasteiger partial charge is 0.508 e. The van der Waals surface area contributed by atoms with E-state index in [2.05, 4.69) is 10.4 Å². The van der Waals surface area contributed by atoms with Gasteiger partial charge in [0, 0.05) is 19.2 Å². The third-order valence-corrected chi connectivity index (χ3v) is 3.29. The Morgan fingerprint density at radius 1 is 1.16 bits per heavy atom. The fraction of sp³-hybridized carbons (Fsp3) is 0.357. The Balaban J connectivity index is 2.27. The molecule has 2 rings (SSSR count). The van der Waals surface area contributed by atoms with Crippen LogP contribution in [0.3, 0.4) is 0 Å². The number of hydrogen-bond donors (Lipinski definition) is 3. The summed E-state index contributed by atoms with van der Waals surface area (Å²) in [5, 5.41) is 26.7. The molecule has 0 saturated carbocycles. The molecule has 1 unspecified atom stereocenters. The Morgan fingerprint density at radius 3 is 2.21 bits per heavy atom.